The van der Waals surface area contributed by atoms with E-state index in [2.05, 4.69) is 15.5 Å². The Morgan fingerprint density at radius 1 is 0.682 bits per heavy atom. The quantitative estimate of drug-likeness (QED) is 0.745. The fourth-order valence-electron chi connectivity index (χ4n) is 1.70. The highest BCUT2D eigenvalue weighted by Gasteiger charge is 2.33. The first kappa shape index (κ1) is 16.0. The monoisotopic (exact) mass is 321 g/mol. The van der Waals surface area contributed by atoms with E-state index in [-0.39, 0.29) is 5.56 Å². The molecule has 0 fully saturated rings. The molecule has 0 bridgehead atoms. The Bertz CT molecular complexity index is 600. The van der Waals surface area contributed by atoms with Crippen molar-refractivity contribution >= 4 is 0 Å². The van der Waals surface area contributed by atoms with Crippen LogP contribution in [0.25, 0.3) is 11.1 Å². The predicted molar refractivity (Wildman–Crippen MR) is 64.1 cm³/mol. The summed E-state index contributed by atoms with van der Waals surface area (Å²) in [7, 11) is 0. The fourth-order valence-corrected chi connectivity index (χ4v) is 1.70. The molecule has 2 aromatic rings. The van der Waals surface area contributed by atoms with Gasteiger partial charge in [-0.15, -0.1) is 26.3 Å². The second kappa shape index (κ2) is 5.78. The predicted octanol–water partition coefficient (Wildman–Crippen LogP) is 4.95. The molecule has 0 saturated heterocycles. The van der Waals surface area contributed by atoms with Crippen molar-refractivity contribution < 1.29 is 35.8 Å². The van der Waals surface area contributed by atoms with Gasteiger partial charge < -0.3 is 9.47 Å². The standard InChI is InChI=1S/C14H7F6O2/c15-13(16,17)21-11-6-10(9-4-2-1-3-5-9)7-12(8-11)22-14(18,19)20/h2-8H. The van der Waals surface area contributed by atoms with Gasteiger partial charge in [-0.2, -0.15) is 0 Å². The molecule has 22 heavy (non-hydrogen) atoms. The fraction of sp³-hybridized carbons (Fsp3) is 0.143. The smallest absolute Gasteiger partial charge is 0.406 e. The zero-order valence-electron chi connectivity index (χ0n) is 10.6. The van der Waals surface area contributed by atoms with E-state index < -0.39 is 24.2 Å². The Kier molecular flexibility index (Phi) is 4.20. The van der Waals surface area contributed by atoms with Gasteiger partial charge >= 0.3 is 12.7 Å². The van der Waals surface area contributed by atoms with Gasteiger partial charge in [-0.3, -0.25) is 0 Å². The molecule has 2 nitrogen and oxygen atoms in total. The molecule has 0 aliphatic rings. The van der Waals surface area contributed by atoms with Gasteiger partial charge in [-0.05, 0) is 29.3 Å². The molecule has 0 saturated carbocycles. The lowest BCUT2D eigenvalue weighted by Gasteiger charge is -2.14. The SMILES string of the molecule is FC(F)(F)Oc1cc(OC(F)(F)F)cc(-c2cc[c]cc2)c1. The van der Waals surface area contributed by atoms with E-state index in [1.165, 1.54) is 24.3 Å². The summed E-state index contributed by atoms with van der Waals surface area (Å²) in [4.78, 5) is 0. The van der Waals surface area contributed by atoms with E-state index in [4.69, 9.17) is 0 Å². The number of ether oxygens (including phenoxy) is 2. The maximum absolute atomic E-state index is 12.3. The Morgan fingerprint density at radius 2 is 1.14 bits per heavy atom. The molecule has 0 N–H and O–H groups in total. The normalized spacial score (nSPS) is 12.1. The van der Waals surface area contributed by atoms with Crippen LogP contribution < -0.4 is 9.47 Å². The number of benzene rings is 2. The van der Waals surface area contributed by atoms with E-state index in [0.29, 0.717) is 11.6 Å². The van der Waals surface area contributed by atoms with Gasteiger partial charge in [0.15, 0.2) is 0 Å². The van der Waals surface area contributed by atoms with Crippen LogP contribution in [-0.2, 0) is 0 Å². The summed E-state index contributed by atoms with van der Waals surface area (Å²) in [5.41, 5.74) is 0.466. The topological polar surface area (TPSA) is 18.5 Å². The third-order valence-electron chi connectivity index (χ3n) is 2.40. The van der Waals surface area contributed by atoms with Crippen LogP contribution in [0.1, 0.15) is 0 Å². The van der Waals surface area contributed by atoms with E-state index in [1.54, 1.807) is 0 Å². The van der Waals surface area contributed by atoms with Crippen LogP contribution in [0.4, 0.5) is 26.3 Å². The second-order valence-electron chi connectivity index (χ2n) is 4.08. The van der Waals surface area contributed by atoms with Crippen LogP contribution in [0.5, 0.6) is 11.5 Å². The molecule has 0 atom stereocenters. The first-order valence-electron chi connectivity index (χ1n) is 5.75. The third-order valence-corrected chi connectivity index (χ3v) is 2.40. The van der Waals surface area contributed by atoms with Gasteiger partial charge in [-0.1, -0.05) is 24.3 Å². The second-order valence-corrected chi connectivity index (χ2v) is 4.08. The van der Waals surface area contributed by atoms with Crippen molar-refractivity contribution in [3.05, 3.63) is 48.5 Å². The van der Waals surface area contributed by atoms with Crippen molar-refractivity contribution in [2.45, 2.75) is 12.7 Å². The Morgan fingerprint density at radius 3 is 1.55 bits per heavy atom. The molecule has 0 heterocycles. The molecule has 117 valence electrons. The largest absolute Gasteiger partial charge is 0.573 e. The Hall–Kier alpha value is -2.38. The van der Waals surface area contributed by atoms with Crippen molar-refractivity contribution in [3.8, 4) is 22.6 Å². The Balaban J connectivity index is 2.44. The first-order chi connectivity index (χ1) is 10.1. The molecule has 0 aromatic heterocycles. The van der Waals surface area contributed by atoms with Crippen molar-refractivity contribution in [1.82, 2.24) is 0 Å². The van der Waals surface area contributed by atoms with E-state index in [9.17, 15) is 26.3 Å². The number of alkyl halides is 6. The molecule has 2 rings (SSSR count). The summed E-state index contributed by atoms with van der Waals surface area (Å²) in [6.07, 6.45) is -10.1. The van der Waals surface area contributed by atoms with Gasteiger partial charge in [0.2, 0.25) is 0 Å². The summed E-state index contributed by atoms with van der Waals surface area (Å²) in [5.74, 6) is -1.62. The minimum atomic E-state index is -5.03. The molecule has 0 amide bonds. The van der Waals surface area contributed by atoms with Crippen molar-refractivity contribution in [3.63, 3.8) is 0 Å². The maximum atomic E-state index is 12.3. The van der Waals surface area contributed by atoms with Crippen LogP contribution in [0.2, 0.25) is 0 Å². The van der Waals surface area contributed by atoms with Gasteiger partial charge in [0.25, 0.3) is 0 Å². The summed E-state index contributed by atoms with van der Waals surface area (Å²) < 4.78 is 80.9. The molecule has 8 heteroatoms. The molecule has 1 radical (unpaired) electrons. The van der Waals surface area contributed by atoms with Crippen LogP contribution >= 0.6 is 0 Å². The van der Waals surface area contributed by atoms with E-state index >= 15 is 0 Å². The molecule has 0 spiro atoms. The highest BCUT2D eigenvalue weighted by atomic mass is 19.4. The number of hydrogen-bond donors (Lipinski definition) is 0. The average Bonchev–Trinajstić information content (AvgIpc) is 2.35. The van der Waals surface area contributed by atoms with Crippen molar-refractivity contribution in [1.29, 1.82) is 0 Å². The molecular formula is C14H7F6O2. The van der Waals surface area contributed by atoms with Crippen molar-refractivity contribution in [2.75, 3.05) is 0 Å². The van der Waals surface area contributed by atoms with Gasteiger partial charge in [0.05, 0.1) is 0 Å². The van der Waals surface area contributed by atoms with Crippen LogP contribution in [-0.4, -0.2) is 12.7 Å². The highest BCUT2D eigenvalue weighted by molar-refractivity contribution is 5.67. The number of rotatable bonds is 3. The van der Waals surface area contributed by atoms with E-state index in [1.807, 2.05) is 0 Å². The number of halogens is 6. The summed E-state index contributed by atoms with van der Waals surface area (Å²) >= 11 is 0. The first-order valence-corrected chi connectivity index (χ1v) is 5.75. The minimum Gasteiger partial charge on any atom is -0.406 e. The maximum Gasteiger partial charge on any atom is 0.573 e. The summed E-state index contributed by atoms with van der Waals surface area (Å²) in [6, 6.07) is 11.0. The van der Waals surface area contributed by atoms with Crippen LogP contribution in [0.15, 0.2) is 42.5 Å². The highest BCUT2D eigenvalue weighted by Crippen LogP contribution is 2.34. The zero-order valence-corrected chi connectivity index (χ0v) is 10.6. The number of hydrogen-bond acceptors (Lipinski definition) is 2. The lowest BCUT2D eigenvalue weighted by Crippen LogP contribution is -2.19. The lowest BCUT2D eigenvalue weighted by molar-refractivity contribution is -0.276. The molecule has 2 aromatic carbocycles. The molecule has 0 aliphatic heterocycles. The van der Waals surface area contributed by atoms with Gasteiger partial charge in [-0.25, -0.2) is 0 Å². The third kappa shape index (κ3) is 4.87. The minimum absolute atomic E-state index is 0.0787. The van der Waals surface area contributed by atoms with Gasteiger partial charge in [0, 0.05) is 6.07 Å². The zero-order chi connectivity index (χ0) is 16.4. The average molecular weight is 321 g/mol. The molecule has 0 aliphatic carbocycles. The van der Waals surface area contributed by atoms with Crippen molar-refractivity contribution in [2.24, 2.45) is 0 Å². The summed E-state index contributed by atoms with van der Waals surface area (Å²) in [5, 5.41) is 0. The lowest BCUT2D eigenvalue weighted by atomic mass is 10.1. The Labute approximate surface area is 120 Å². The van der Waals surface area contributed by atoms with Crippen LogP contribution in [0.3, 0.4) is 0 Å². The molecule has 0 unspecified atom stereocenters. The van der Waals surface area contributed by atoms with Crippen LogP contribution in [0, 0.1) is 6.07 Å². The molecular weight excluding hydrogens is 314 g/mol. The van der Waals surface area contributed by atoms with E-state index in [0.717, 1.165) is 12.1 Å². The van der Waals surface area contributed by atoms with Gasteiger partial charge in [0.1, 0.15) is 11.5 Å². The summed E-state index contributed by atoms with van der Waals surface area (Å²) in [6.45, 7) is 0.